The van der Waals surface area contributed by atoms with Crippen LogP contribution in [0.15, 0.2) is 0 Å². The third kappa shape index (κ3) is 2.74. The van der Waals surface area contributed by atoms with Crippen LogP contribution in [0.4, 0.5) is 0 Å². The van der Waals surface area contributed by atoms with Crippen LogP contribution < -0.4 is 0 Å². The SMILES string of the molecule is C[C@H]1OO[C@@H](COC(=O)CC23CC4CC(CC(Br)(C4)C2)C3)[C@H]2O[C@H]21. The summed E-state index contributed by atoms with van der Waals surface area (Å²) in [4.78, 5) is 23.0. The van der Waals surface area contributed by atoms with E-state index in [0.29, 0.717) is 6.42 Å². The topological polar surface area (TPSA) is 57.3 Å². The van der Waals surface area contributed by atoms with Crippen LogP contribution in [0, 0.1) is 17.3 Å². The van der Waals surface area contributed by atoms with Crippen molar-refractivity contribution < 1.29 is 24.0 Å². The molecule has 4 aliphatic carbocycles. The van der Waals surface area contributed by atoms with E-state index in [1.165, 1.54) is 32.1 Å². The van der Waals surface area contributed by atoms with Crippen LogP contribution in [-0.2, 0) is 24.0 Å². The third-order valence-corrected chi connectivity index (χ3v) is 7.69. The number of carbonyl (C=O) groups excluding carboxylic acids is 1. The number of rotatable bonds is 4. The van der Waals surface area contributed by atoms with Crippen molar-refractivity contribution >= 4 is 21.9 Å². The van der Waals surface area contributed by atoms with Crippen molar-refractivity contribution in [3.05, 3.63) is 0 Å². The molecule has 4 bridgehead atoms. The quantitative estimate of drug-likeness (QED) is 0.314. The molecule has 6 fully saturated rings. The number of hydrogen-bond acceptors (Lipinski definition) is 5. The Kier molecular flexibility index (Phi) is 3.62. The summed E-state index contributed by atoms with van der Waals surface area (Å²) in [6.07, 6.45) is 7.78. The summed E-state index contributed by atoms with van der Waals surface area (Å²) in [7, 11) is 0. The number of fused-ring (bicyclic) bond motifs is 1. The van der Waals surface area contributed by atoms with Gasteiger partial charge in [0.2, 0.25) is 0 Å². The molecular weight excluding hydrogens is 376 g/mol. The van der Waals surface area contributed by atoms with E-state index in [1.807, 2.05) is 6.92 Å². The first-order valence-corrected chi connectivity index (χ1v) is 10.1. The molecule has 0 N–H and O–H groups in total. The van der Waals surface area contributed by atoms with Crippen molar-refractivity contribution in [2.75, 3.05) is 6.61 Å². The molecule has 6 rings (SSSR count). The van der Waals surface area contributed by atoms with Gasteiger partial charge in [0.05, 0.1) is 6.42 Å². The highest BCUT2D eigenvalue weighted by Crippen LogP contribution is 2.65. The van der Waals surface area contributed by atoms with Gasteiger partial charge in [0.15, 0.2) is 6.10 Å². The highest BCUT2D eigenvalue weighted by atomic mass is 79.9. The van der Waals surface area contributed by atoms with Crippen LogP contribution in [0.5, 0.6) is 0 Å². The van der Waals surface area contributed by atoms with Crippen molar-refractivity contribution in [1.82, 2.24) is 0 Å². The van der Waals surface area contributed by atoms with E-state index >= 15 is 0 Å². The second-order valence-corrected chi connectivity index (χ2v) is 10.7. The van der Waals surface area contributed by atoms with Gasteiger partial charge in [-0.1, -0.05) is 15.9 Å². The Bertz CT molecular complexity index is 538. The Labute approximate surface area is 150 Å². The van der Waals surface area contributed by atoms with E-state index in [1.54, 1.807) is 0 Å². The minimum atomic E-state index is -0.283. The van der Waals surface area contributed by atoms with Crippen molar-refractivity contribution in [2.24, 2.45) is 17.3 Å². The fourth-order valence-corrected chi connectivity index (χ4v) is 7.79. The highest BCUT2D eigenvalue weighted by molar-refractivity contribution is 9.10. The lowest BCUT2D eigenvalue weighted by molar-refractivity contribution is -0.364. The Morgan fingerprint density at radius 2 is 1.92 bits per heavy atom. The fourth-order valence-electron chi connectivity index (χ4n) is 6.28. The summed E-state index contributed by atoms with van der Waals surface area (Å²) in [5.41, 5.74) is 0.154. The zero-order valence-corrected chi connectivity index (χ0v) is 15.6. The first-order valence-electron chi connectivity index (χ1n) is 9.26. The second-order valence-electron chi connectivity index (χ2n) is 8.97. The third-order valence-electron chi connectivity index (χ3n) is 6.76. The highest BCUT2D eigenvalue weighted by Gasteiger charge is 2.58. The molecule has 2 aliphatic heterocycles. The molecule has 0 aromatic heterocycles. The summed E-state index contributed by atoms with van der Waals surface area (Å²) in [6, 6.07) is 0. The lowest BCUT2D eigenvalue weighted by atomic mass is 9.49. The maximum absolute atomic E-state index is 12.5. The average Bonchev–Trinajstić information content (AvgIpc) is 3.24. The minimum Gasteiger partial charge on any atom is -0.463 e. The maximum atomic E-state index is 12.5. The molecule has 0 spiro atoms. The van der Waals surface area contributed by atoms with Crippen LogP contribution in [0.1, 0.15) is 51.9 Å². The molecule has 5 nitrogen and oxygen atoms in total. The predicted molar refractivity (Wildman–Crippen MR) is 88.4 cm³/mol. The Morgan fingerprint density at radius 3 is 2.62 bits per heavy atom. The standard InChI is InChI=1S/C18H25BrO5/c1-10-15-16(22-15)13(24-23-10)8-21-14(20)7-17-3-11-2-12(4-17)6-18(19,5-11)9-17/h10-13,15-16H,2-9H2,1H3/t10-,11?,12?,13+,15+,16-,17?,18?/m1/s1. The van der Waals surface area contributed by atoms with E-state index in [-0.39, 0.29) is 46.7 Å². The number of epoxide rings is 1. The lowest BCUT2D eigenvalue weighted by Crippen LogP contribution is -2.53. The molecular formula is C18H25BrO5. The predicted octanol–water partition coefficient (Wildman–Crippen LogP) is 3.14. The maximum Gasteiger partial charge on any atom is 0.306 e. The molecule has 0 aromatic carbocycles. The van der Waals surface area contributed by atoms with E-state index in [4.69, 9.17) is 19.2 Å². The Hall–Kier alpha value is -0.170. The number of alkyl halides is 1. The van der Waals surface area contributed by atoms with Crippen molar-refractivity contribution in [2.45, 2.75) is 80.6 Å². The first-order chi connectivity index (χ1) is 11.4. The van der Waals surface area contributed by atoms with E-state index in [2.05, 4.69) is 15.9 Å². The van der Waals surface area contributed by atoms with Crippen LogP contribution in [-0.4, -0.2) is 41.3 Å². The molecule has 0 radical (unpaired) electrons. The Morgan fingerprint density at radius 1 is 1.17 bits per heavy atom. The van der Waals surface area contributed by atoms with Gasteiger partial charge in [0.25, 0.3) is 0 Å². The zero-order valence-electron chi connectivity index (χ0n) is 14.0. The van der Waals surface area contributed by atoms with Gasteiger partial charge in [0.1, 0.15) is 24.9 Å². The summed E-state index contributed by atoms with van der Waals surface area (Å²) in [5.74, 6) is 1.48. The number of ether oxygens (including phenoxy) is 2. The number of carbonyl (C=O) groups is 1. The molecule has 0 aromatic rings. The number of hydrogen-bond donors (Lipinski definition) is 0. The molecule has 134 valence electrons. The molecule has 6 heteroatoms. The van der Waals surface area contributed by atoms with Gasteiger partial charge in [-0.05, 0) is 62.7 Å². The number of halogens is 1. The second kappa shape index (κ2) is 5.41. The molecule has 0 amide bonds. The van der Waals surface area contributed by atoms with Crippen LogP contribution in [0.3, 0.4) is 0 Å². The van der Waals surface area contributed by atoms with Crippen molar-refractivity contribution in [3.8, 4) is 0 Å². The van der Waals surface area contributed by atoms with Gasteiger partial charge in [0, 0.05) is 4.32 Å². The molecule has 4 saturated carbocycles. The average molecular weight is 401 g/mol. The number of esters is 1. The fraction of sp³-hybridized carbons (Fsp3) is 0.944. The summed E-state index contributed by atoms with van der Waals surface area (Å²) in [5, 5.41) is 0. The van der Waals surface area contributed by atoms with Gasteiger partial charge in [-0.3, -0.25) is 4.79 Å². The summed E-state index contributed by atoms with van der Waals surface area (Å²) in [6.45, 7) is 2.16. The minimum absolute atomic E-state index is 0.0203. The molecule has 6 atom stereocenters. The first kappa shape index (κ1) is 16.0. The molecule has 6 aliphatic rings. The smallest absolute Gasteiger partial charge is 0.306 e. The molecule has 24 heavy (non-hydrogen) atoms. The van der Waals surface area contributed by atoms with Crippen LogP contribution >= 0.6 is 15.9 Å². The monoisotopic (exact) mass is 400 g/mol. The van der Waals surface area contributed by atoms with Gasteiger partial charge in [-0.25, -0.2) is 9.78 Å². The van der Waals surface area contributed by atoms with Crippen LogP contribution in [0.25, 0.3) is 0 Å². The van der Waals surface area contributed by atoms with Crippen molar-refractivity contribution in [3.63, 3.8) is 0 Å². The molecule has 2 unspecified atom stereocenters. The van der Waals surface area contributed by atoms with Crippen LogP contribution in [0.2, 0.25) is 0 Å². The normalized spacial score (nSPS) is 54.4. The van der Waals surface area contributed by atoms with Crippen molar-refractivity contribution in [1.29, 1.82) is 0 Å². The lowest BCUT2D eigenvalue weighted by Gasteiger charge is -2.60. The van der Waals surface area contributed by atoms with E-state index in [0.717, 1.165) is 18.3 Å². The van der Waals surface area contributed by atoms with E-state index < -0.39 is 0 Å². The molecule has 2 saturated heterocycles. The van der Waals surface area contributed by atoms with Gasteiger partial charge in [-0.15, -0.1) is 0 Å². The van der Waals surface area contributed by atoms with Gasteiger partial charge >= 0.3 is 5.97 Å². The molecule has 2 heterocycles. The summed E-state index contributed by atoms with van der Waals surface area (Å²) >= 11 is 4.00. The largest absolute Gasteiger partial charge is 0.463 e. The van der Waals surface area contributed by atoms with E-state index in [9.17, 15) is 4.79 Å². The Balaban J connectivity index is 1.17. The van der Waals surface area contributed by atoms with Gasteiger partial charge in [-0.2, -0.15) is 0 Å². The zero-order chi connectivity index (χ0) is 16.5. The van der Waals surface area contributed by atoms with Gasteiger partial charge < -0.3 is 9.47 Å². The summed E-state index contributed by atoms with van der Waals surface area (Å²) < 4.78 is 11.4.